The number of hydrogen-bond donors (Lipinski definition) is 2. The molecule has 4 atom stereocenters. The van der Waals surface area contributed by atoms with Crippen molar-refractivity contribution >= 4 is 23.7 Å². The van der Waals surface area contributed by atoms with Crippen molar-refractivity contribution in [3.05, 3.63) is 0 Å². The molecule has 0 saturated carbocycles. The minimum absolute atomic E-state index is 0. The molecular weight excluding hydrogens is 294 g/mol. The van der Waals surface area contributed by atoms with Crippen LogP contribution >= 0.6 is 11.8 Å². The van der Waals surface area contributed by atoms with Gasteiger partial charge in [-0.1, -0.05) is 13.8 Å². The summed E-state index contributed by atoms with van der Waals surface area (Å²) in [5.41, 5.74) is -4.06. The molecule has 0 amide bonds. The Morgan fingerprint density at radius 2 is 1.26 bits per heavy atom. The van der Waals surface area contributed by atoms with Crippen molar-refractivity contribution in [2.24, 2.45) is 0 Å². The maximum Gasteiger partial charge on any atom is 1.00 e. The van der Waals surface area contributed by atoms with Gasteiger partial charge in [-0.05, 0) is 12.8 Å². The molecule has 19 heavy (non-hydrogen) atoms. The first-order valence-electron chi connectivity index (χ1n) is 5.26. The van der Waals surface area contributed by atoms with Crippen LogP contribution in [-0.4, -0.2) is 43.9 Å². The molecule has 0 aromatic rings. The Balaban J connectivity index is 0. The Bertz CT molecular complexity index is 323. The van der Waals surface area contributed by atoms with Crippen LogP contribution in [0.5, 0.6) is 0 Å². The summed E-state index contributed by atoms with van der Waals surface area (Å²) >= 11 is 0.466. The summed E-state index contributed by atoms with van der Waals surface area (Å²) in [4.78, 5) is 21.9. The Morgan fingerprint density at radius 1 is 1.00 bits per heavy atom. The Labute approximate surface area is 159 Å². The summed E-state index contributed by atoms with van der Waals surface area (Å²) < 4.78 is 0. The van der Waals surface area contributed by atoms with E-state index in [1.807, 2.05) is 0 Å². The van der Waals surface area contributed by atoms with Gasteiger partial charge in [0, 0.05) is 0 Å². The third-order valence-corrected chi connectivity index (χ3v) is 5.10. The molecule has 0 radical (unpaired) electrons. The predicted molar refractivity (Wildman–Crippen MR) is 55.7 cm³/mol. The molecule has 0 aliphatic carbocycles. The molecule has 1 fully saturated rings. The zero-order chi connectivity index (χ0) is 13.4. The minimum atomic E-state index is -2.03. The summed E-state index contributed by atoms with van der Waals surface area (Å²) in [6, 6.07) is 0. The van der Waals surface area contributed by atoms with Gasteiger partial charge in [-0.2, -0.15) is 0 Å². The molecular formula is C10H14Na2O6S. The molecule has 6 nitrogen and oxygen atoms in total. The molecule has 98 valence electrons. The molecule has 2 N–H and O–H groups in total. The fourth-order valence-corrected chi connectivity index (χ4v) is 3.99. The number of aliphatic carboxylic acids is 2. The van der Waals surface area contributed by atoms with E-state index in [0.717, 1.165) is 0 Å². The number of rotatable bonds is 4. The van der Waals surface area contributed by atoms with Gasteiger partial charge in [0.15, 0.2) is 0 Å². The molecule has 1 rings (SSSR count). The van der Waals surface area contributed by atoms with Crippen LogP contribution in [0.15, 0.2) is 0 Å². The van der Waals surface area contributed by atoms with Crippen molar-refractivity contribution in [1.82, 2.24) is 0 Å². The van der Waals surface area contributed by atoms with E-state index < -0.39 is 33.6 Å². The van der Waals surface area contributed by atoms with Gasteiger partial charge in [-0.15, -0.1) is 11.8 Å². The average molecular weight is 308 g/mol. The fraction of sp³-hybridized carbons (Fsp3) is 0.800. The van der Waals surface area contributed by atoms with E-state index in [1.165, 1.54) is 13.8 Å². The van der Waals surface area contributed by atoms with Gasteiger partial charge in [0.25, 0.3) is 0 Å². The first-order chi connectivity index (χ1) is 7.74. The number of hydrogen-bond acceptors (Lipinski definition) is 7. The molecule has 0 aromatic heterocycles. The monoisotopic (exact) mass is 308 g/mol. The van der Waals surface area contributed by atoms with Gasteiger partial charge in [-0.3, -0.25) is 0 Å². The zero-order valence-electron chi connectivity index (χ0n) is 11.5. The second-order valence-electron chi connectivity index (χ2n) is 4.09. The van der Waals surface area contributed by atoms with Crippen LogP contribution in [0.1, 0.15) is 26.7 Å². The maximum atomic E-state index is 10.9. The maximum absolute atomic E-state index is 10.9. The third kappa shape index (κ3) is 3.52. The van der Waals surface area contributed by atoms with Crippen molar-refractivity contribution in [3.8, 4) is 0 Å². The van der Waals surface area contributed by atoms with Crippen LogP contribution < -0.4 is 69.3 Å². The van der Waals surface area contributed by atoms with Crippen molar-refractivity contribution < 1.29 is 89.1 Å². The van der Waals surface area contributed by atoms with Gasteiger partial charge in [0.05, 0.1) is 22.4 Å². The van der Waals surface area contributed by atoms with E-state index in [4.69, 9.17) is 0 Å². The molecule has 1 aliphatic rings. The van der Waals surface area contributed by atoms with Crippen LogP contribution in [0.3, 0.4) is 0 Å². The first-order valence-corrected chi connectivity index (χ1v) is 6.20. The SMILES string of the molecule is CCC1(O)C(C(=O)[O-])SC(C(=O)[O-])C1(O)CC.[Na+].[Na+]. The summed E-state index contributed by atoms with van der Waals surface area (Å²) in [6.07, 6.45) is -0.181. The van der Waals surface area contributed by atoms with E-state index >= 15 is 0 Å². The summed E-state index contributed by atoms with van der Waals surface area (Å²) in [6.45, 7) is 2.96. The van der Waals surface area contributed by atoms with Crippen molar-refractivity contribution in [1.29, 1.82) is 0 Å². The van der Waals surface area contributed by atoms with E-state index in [9.17, 15) is 30.0 Å². The van der Waals surface area contributed by atoms with Crippen molar-refractivity contribution in [3.63, 3.8) is 0 Å². The normalized spacial score (nSPS) is 37.1. The topological polar surface area (TPSA) is 121 Å². The Morgan fingerprint density at radius 3 is 1.42 bits per heavy atom. The van der Waals surface area contributed by atoms with Gasteiger partial charge < -0.3 is 30.0 Å². The first kappa shape index (κ1) is 22.5. The summed E-state index contributed by atoms with van der Waals surface area (Å²) in [5, 5.41) is 39.5. The summed E-state index contributed by atoms with van der Waals surface area (Å²) in [7, 11) is 0. The van der Waals surface area contributed by atoms with Crippen LogP contribution in [-0.2, 0) is 9.59 Å². The second kappa shape index (κ2) is 8.00. The number of carboxylic acids is 2. The molecule has 1 heterocycles. The van der Waals surface area contributed by atoms with Crippen LogP contribution in [0, 0.1) is 0 Å². The molecule has 1 aliphatic heterocycles. The average Bonchev–Trinajstić information content (AvgIpc) is 2.50. The standard InChI is InChI=1S/C10H16O6S.2Na/c1-3-9(15)5(7(11)12)17-6(8(13)14)10(9,16)4-2;;/h5-6,15-16H,3-4H2,1-2H3,(H,11,12)(H,13,14);;/q;2*+1/p-2. The molecule has 9 heteroatoms. The number of carbonyl (C=O) groups is 2. The van der Waals surface area contributed by atoms with Crippen molar-refractivity contribution in [2.45, 2.75) is 48.4 Å². The number of aliphatic hydroxyl groups is 2. The zero-order valence-corrected chi connectivity index (χ0v) is 16.3. The van der Waals surface area contributed by atoms with Crippen LogP contribution in [0.2, 0.25) is 0 Å². The second-order valence-corrected chi connectivity index (χ2v) is 5.30. The number of thioether (sulfide) groups is 1. The molecule has 0 bridgehead atoms. The van der Waals surface area contributed by atoms with Crippen molar-refractivity contribution in [2.75, 3.05) is 0 Å². The smallest absolute Gasteiger partial charge is 0.549 e. The summed E-state index contributed by atoms with van der Waals surface area (Å²) in [5.74, 6) is -3.18. The minimum Gasteiger partial charge on any atom is -0.549 e. The van der Waals surface area contributed by atoms with E-state index in [1.54, 1.807) is 0 Å². The predicted octanol–water partition coefficient (Wildman–Crippen LogP) is -8.74. The third-order valence-electron chi connectivity index (χ3n) is 3.40. The van der Waals surface area contributed by atoms with Gasteiger partial charge in [0.2, 0.25) is 0 Å². The Kier molecular flexibility index (Phi) is 9.48. The van der Waals surface area contributed by atoms with Gasteiger partial charge in [-0.25, -0.2) is 0 Å². The Hall–Kier alpha value is 1.21. The van der Waals surface area contributed by atoms with E-state index in [0.29, 0.717) is 11.8 Å². The van der Waals surface area contributed by atoms with Crippen LogP contribution in [0.25, 0.3) is 0 Å². The molecule has 0 aromatic carbocycles. The number of carbonyl (C=O) groups excluding carboxylic acids is 2. The van der Waals surface area contributed by atoms with E-state index in [2.05, 4.69) is 0 Å². The quantitative estimate of drug-likeness (QED) is 0.495. The van der Waals surface area contributed by atoms with Gasteiger partial charge >= 0.3 is 59.1 Å². The molecule has 0 spiro atoms. The molecule has 4 unspecified atom stereocenters. The fourth-order valence-electron chi connectivity index (χ4n) is 2.30. The van der Waals surface area contributed by atoms with E-state index in [-0.39, 0.29) is 72.0 Å². The number of carboxylic acid groups (broad SMARTS) is 2. The largest absolute Gasteiger partial charge is 1.00 e. The van der Waals surface area contributed by atoms with Gasteiger partial charge in [0.1, 0.15) is 11.2 Å². The molecule has 1 saturated heterocycles. The van der Waals surface area contributed by atoms with Crippen LogP contribution in [0.4, 0.5) is 0 Å².